The molecule has 0 amide bonds. The Morgan fingerprint density at radius 2 is 1.77 bits per heavy atom. The Bertz CT molecular complexity index is 1000. The van der Waals surface area contributed by atoms with Crippen molar-refractivity contribution in [2.24, 2.45) is 5.41 Å². The van der Waals surface area contributed by atoms with E-state index in [9.17, 15) is 18.0 Å². The van der Waals surface area contributed by atoms with Crippen LogP contribution < -0.4 is 4.90 Å². The number of aryl methyl sites for hydroxylation is 1. The van der Waals surface area contributed by atoms with E-state index in [1.807, 2.05) is 11.8 Å². The first-order valence-corrected chi connectivity index (χ1v) is 11.4. The molecular formula is C22H20Cl2F3NOS. The van der Waals surface area contributed by atoms with Gasteiger partial charge in [-0.1, -0.05) is 30.1 Å². The van der Waals surface area contributed by atoms with Gasteiger partial charge in [-0.3, -0.25) is 4.79 Å². The topological polar surface area (TPSA) is 20.1 Å². The SMILES string of the molecule is Cc1cc(N2CC2(c2cc(Cl)cc(Cl)c2)C(F)(F)F)ccc1C(=O)CC1(C)CSC1. The molecule has 0 bridgehead atoms. The van der Waals surface area contributed by atoms with E-state index < -0.39 is 11.7 Å². The van der Waals surface area contributed by atoms with E-state index in [1.165, 1.54) is 23.1 Å². The summed E-state index contributed by atoms with van der Waals surface area (Å²) in [5.74, 6) is 1.95. The van der Waals surface area contributed by atoms with Crippen LogP contribution in [0.15, 0.2) is 36.4 Å². The maximum Gasteiger partial charge on any atom is 0.417 e. The molecule has 1 atom stereocenters. The zero-order valence-corrected chi connectivity index (χ0v) is 18.8. The molecule has 160 valence electrons. The van der Waals surface area contributed by atoms with Crippen molar-refractivity contribution in [1.82, 2.24) is 0 Å². The van der Waals surface area contributed by atoms with Gasteiger partial charge in [-0.25, -0.2) is 0 Å². The van der Waals surface area contributed by atoms with E-state index in [4.69, 9.17) is 23.2 Å². The summed E-state index contributed by atoms with van der Waals surface area (Å²) in [5, 5.41) is 0.320. The lowest BCUT2D eigenvalue weighted by Crippen LogP contribution is -2.35. The van der Waals surface area contributed by atoms with Crippen molar-refractivity contribution in [2.75, 3.05) is 23.0 Å². The van der Waals surface area contributed by atoms with Gasteiger partial charge in [-0.05, 0) is 71.4 Å². The Morgan fingerprint density at radius 3 is 2.27 bits per heavy atom. The second kappa shape index (κ2) is 7.35. The third-order valence-corrected chi connectivity index (χ3v) is 8.10. The van der Waals surface area contributed by atoms with Crippen molar-refractivity contribution in [3.8, 4) is 0 Å². The smallest absolute Gasteiger partial charge is 0.349 e. The van der Waals surface area contributed by atoms with Gasteiger partial charge in [0.1, 0.15) is 0 Å². The molecule has 2 nitrogen and oxygen atoms in total. The molecule has 0 aromatic heterocycles. The summed E-state index contributed by atoms with van der Waals surface area (Å²) in [6.07, 6.45) is -4.06. The molecule has 2 heterocycles. The van der Waals surface area contributed by atoms with E-state index >= 15 is 0 Å². The van der Waals surface area contributed by atoms with Crippen molar-refractivity contribution < 1.29 is 18.0 Å². The average molecular weight is 474 g/mol. The number of hydrogen-bond acceptors (Lipinski definition) is 3. The molecule has 2 aromatic carbocycles. The van der Waals surface area contributed by atoms with Gasteiger partial charge in [0.15, 0.2) is 11.3 Å². The molecule has 0 radical (unpaired) electrons. The van der Waals surface area contributed by atoms with Crippen LogP contribution in [0.5, 0.6) is 0 Å². The van der Waals surface area contributed by atoms with Crippen LogP contribution in [0.2, 0.25) is 10.0 Å². The fourth-order valence-corrected chi connectivity index (χ4v) is 5.75. The fourth-order valence-electron chi connectivity index (χ4n) is 4.12. The number of anilines is 1. The van der Waals surface area contributed by atoms with Crippen molar-refractivity contribution in [1.29, 1.82) is 0 Å². The van der Waals surface area contributed by atoms with Crippen LogP contribution in [0.3, 0.4) is 0 Å². The maximum atomic E-state index is 14.1. The minimum Gasteiger partial charge on any atom is -0.349 e. The van der Waals surface area contributed by atoms with Crippen LogP contribution in [-0.2, 0) is 5.54 Å². The normalized spacial score (nSPS) is 22.6. The van der Waals surface area contributed by atoms with Crippen LogP contribution in [0.1, 0.15) is 34.8 Å². The van der Waals surface area contributed by atoms with E-state index in [-0.39, 0.29) is 33.4 Å². The Kier molecular flexibility index (Phi) is 5.35. The standard InChI is InChI=1S/C22H20Cl2F3NOS/c1-13-5-17(3-4-18(13)19(29)9-20(2)11-30-12-20)28-10-21(28,22(25,26)27)14-6-15(23)8-16(24)7-14/h3-8H,9-12H2,1-2H3. The number of Topliss-reactive ketones (excluding diaryl/α,β-unsaturated/α-hetero) is 1. The molecule has 0 aliphatic carbocycles. The van der Waals surface area contributed by atoms with Crippen LogP contribution in [0, 0.1) is 12.3 Å². The van der Waals surface area contributed by atoms with Crippen LogP contribution >= 0.6 is 35.0 Å². The molecule has 8 heteroatoms. The summed E-state index contributed by atoms with van der Waals surface area (Å²) < 4.78 is 42.4. The summed E-state index contributed by atoms with van der Waals surface area (Å²) in [5.41, 5.74) is -0.466. The highest BCUT2D eigenvalue weighted by atomic mass is 35.5. The molecule has 2 aliphatic heterocycles. The average Bonchev–Trinajstić information content (AvgIpc) is 3.36. The maximum absolute atomic E-state index is 14.1. The number of ketones is 1. The van der Waals surface area contributed by atoms with Crippen LogP contribution in [0.4, 0.5) is 18.9 Å². The molecule has 4 rings (SSSR count). The van der Waals surface area contributed by atoms with E-state index in [0.717, 1.165) is 11.5 Å². The Hall–Kier alpha value is -1.37. The Balaban J connectivity index is 1.64. The summed E-state index contributed by atoms with van der Waals surface area (Å²) in [4.78, 5) is 14.0. The lowest BCUT2D eigenvalue weighted by atomic mass is 9.85. The first kappa shape index (κ1) is 21.8. The molecule has 0 N–H and O–H groups in total. The number of carbonyl (C=O) groups excluding carboxylic acids is 1. The monoisotopic (exact) mass is 473 g/mol. The van der Waals surface area contributed by atoms with Crippen LogP contribution in [-0.4, -0.2) is 30.0 Å². The third-order valence-electron chi connectivity index (χ3n) is 5.86. The van der Waals surface area contributed by atoms with Crippen molar-refractivity contribution >= 4 is 46.4 Å². The second-order valence-corrected chi connectivity index (χ2v) is 10.4. The van der Waals surface area contributed by atoms with E-state index in [2.05, 4.69) is 6.92 Å². The Labute approximate surface area is 187 Å². The minimum absolute atomic E-state index is 0.0146. The number of benzene rings is 2. The first-order chi connectivity index (χ1) is 13.9. The molecule has 1 unspecified atom stereocenters. The number of hydrogen-bond donors (Lipinski definition) is 0. The van der Waals surface area contributed by atoms with Gasteiger partial charge in [-0.15, -0.1) is 0 Å². The number of carbonyl (C=O) groups is 1. The highest BCUT2D eigenvalue weighted by Gasteiger charge is 2.71. The van der Waals surface area contributed by atoms with Gasteiger partial charge in [0.2, 0.25) is 0 Å². The number of thioether (sulfide) groups is 1. The molecule has 2 aliphatic rings. The number of alkyl halides is 3. The van der Waals surface area contributed by atoms with Gasteiger partial charge in [0.25, 0.3) is 0 Å². The second-order valence-electron chi connectivity index (χ2n) is 8.50. The molecular weight excluding hydrogens is 454 g/mol. The van der Waals surface area contributed by atoms with Gasteiger partial charge in [0.05, 0.1) is 6.54 Å². The van der Waals surface area contributed by atoms with Crippen molar-refractivity contribution in [3.05, 3.63) is 63.1 Å². The summed E-state index contributed by atoms with van der Waals surface area (Å²) in [6, 6.07) is 8.93. The summed E-state index contributed by atoms with van der Waals surface area (Å²) in [7, 11) is 0. The predicted molar refractivity (Wildman–Crippen MR) is 117 cm³/mol. The lowest BCUT2D eigenvalue weighted by Gasteiger charge is -2.37. The Morgan fingerprint density at radius 1 is 1.13 bits per heavy atom. The summed E-state index contributed by atoms with van der Waals surface area (Å²) in [6.45, 7) is 3.63. The summed E-state index contributed by atoms with van der Waals surface area (Å²) >= 11 is 13.8. The quantitative estimate of drug-likeness (QED) is 0.347. The molecule has 2 aromatic rings. The van der Waals surface area contributed by atoms with Gasteiger partial charge in [-0.2, -0.15) is 24.9 Å². The fraction of sp³-hybridized carbons (Fsp3) is 0.409. The van der Waals surface area contributed by atoms with Crippen LogP contribution in [0.25, 0.3) is 0 Å². The number of halogens is 5. The zero-order valence-electron chi connectivity index (χ0n) is 16.4. The lowest BCUT2D eigenvalue weighted by molar-refractivity contribution is -0.158. The van der Waals surface area contributed by atoms with Gasteiger partial charge >= 0.3 is 6.18 Å². The van der Waals surface area contributed by atoms with Gasteiger partial charge < -0.3 is 4.90 Å². The minimum atomic E-state index is -4.51. The van der Waals surface area contributed by atoms with E-state index in [0.29, 0.717) is 23.2 Å². The zero-order chi connectivity index (χ0) is 21.9. The number of rotatable bonds is 5. The molecule has 30 heavy (non-hydrogen) atoms. The van der Waals surface area contributed by atoms with Crippen molar-refractivity contribution in [3.63, 3.8) is 0 Å². The predicted octanol–water partition coefficient (Wildman–Crippen LogP) is 6.91. The first-order valence-electron chi connectivity index (χ1n) is 9.48. The molecule has 0 saturated carbocycles. The van der Waals surface area contributed by atoms with Gasteiger partial charge in [0, 0.05) is 27.7 Å². The van der Waals surface area contributed by atoms with Crippen molar-refractivity contribution in [2.45, 2.75) is 32.0 Å². The highest BCUT2D eigenvalue weighted by Crippen LogP contribution is 2.57. The number of nitrogens with zero attached hydrogens (tertiary/aromatic N) is 1. The molecule has 2 saturated heterocycles. The highest BCUT2D eigenvalue weighted by molar-refractivity contribution is 8.00. The largest absolute Gasteiger partial charge is 0.417 e. The molecule has 0 spiro atoms. The van der Waals surface area contributed by atoms with E-state index in [1.54, 1.807) is 25.1 Å². The third kappa shape index (κ3) is 3.71. The molecule has 2 fully saturated rings.